The lowest BCUT2D eigenvalue weighted by Gasteiger charge is -2.11. The largest absolute Gasteiger partial charge is 0.346 e. The van der Waals surface area contributed by atoms with Crippen LogP contribution in [0.5, 0.6) is 0 Å². The Bertz CT molecular complexity index is 520. The lowest BCUT2D eigenvalue weighted by atomic mass is 10.2. The van der Waals surface area contributed by atoms with Gasteiger partial charge in [0.25, 0.3) is 0 Å². The van der Waals surface area contributed by atoms with Crippen LogP contribution in [0.25, 0.3) is 0 Å². The number of nitrogens with zero attached hydrogens (tertiary/aromatic N) is 1. The molecule has 1 aromatic heterocycles. The Hall–Kier alpha value is -0.960. The zero-order valence-corrected chi connectivity index (χ0v) is 11.8. The van der Waals surface area contributed by atoms with Crippen LogP contribution >= 0.6 is 23.2 Å². The van der Waals surface area contributed by atoms with Gasteiger partial charge in [0.1, 0.15) is 0 Å². The molecule has 0 aliphatic rings. The molecule has 0 amide bonds. The molecule has 2 rings (SSSR count). The van der Waals surface area contributed by atoms with E-state index in [0.717, 1.165) is 25.2 Å². The number of aromatic nitrogens is 1. The van der Waals surface area contributed by atoms with Gasteiger partial charge in [0.05, 0.1) is 10.0 Å². The highest BCUT2D eigenvalue weighted by atomic mass is 35.5. The molecule has 96 valence electrons. The summed E-state index contributed by atoms with van der Waals surface area (Å²) < 4.78 is 2.18. The van der Waals surface area contributed by atoms with Crippen molar-refractivity contribution in [3.05, 3.63) is 57.8 Å². The first-order chi connectivity index (χ1) is 8.72. The maximum absolute atomic E-state index is 6.21. The van der Waals surface area contributed by atoms with Gasteiger partial charge in [-0.05, 0) is 30.3 Å². The van der Waals surface area contributed by atoms with E-state index in [9.17, 15) is 0 Å². The maximum Gasteiger partial charge on any atom is 0.0642 e. The SMILES string of the molecule is CCNCc1cccn1Cc1cccc(Cl)c1Cl. The monoisotopic (exact) mass is 282 g/mol. The number of hydrogen-bond donors (Lipinski definition) is 1. The average molecular weight is 283 g/mol. The van der Waals surface area contributed by atoms with Gasteiger partial charge in [0.2, 0.25) is 0 Å². The molecule has 1 aromatic carbocycles. The molecule has 0 atom stereocenters. The Kier molecular flexibility index (Phi) is 4.70. The standard InChI is InChI=1S/C14H16Cl2N2/c1-2-17-9-12-6-4-8-18(12)10-11-5-3-7-13(15)14(11)16/h3-8,17H,2,9-10H2,1H3. The number of hydrogen-bond acceptors (Lipinski definition) is 1. The quantitative estimate of drug-likeness (QED) is 0.879. The minimum absolute atomic E-state index is 0.606. The van der Waals surface area contributed by atoms with E-state index in [1.54, 1.807) is 0 Å². The van der Waals surface area contributed by atoms with Crippen molar-refractivity contribution in [1.82, 2.24) is 9.88 Å². The fourth-order valence-corrected chi connectivity index (χ4v) is 2.25. The lowest BCUT2D eigenvalue weighted by Crippen LogP contribution is -2.15. The van der Waals surface area contributed by atoms with Gasteiger partial charge in [-0.1, -0.05) is 42.3 Å². The summed E-state index contributed by atoms with van der Waals surface area (Å²) in [6.07, 6.45) is 2.06. The first-order valence-electron chi connectivity index (χ1n) is 6.00. The summed E-state index contributed by atoms with van der Waals surface area (Å²) in [5.74, 6) is 0. The highest BCUT2D eigenvalue weighted by Crippen LogP contribution is 2.26. The fraction of sp³-hybridized carbons (Fsp3) is 0.286. The van der Waals surface area contributed by atoms with Gasteiger partial charge in [-0.15, -0.1) is 0 Å². The van der Waals surface area contributed by atoms with Crippen LogP contribution in [0.4, 0.5) is 0 Å². The molecule has 1 N–H and O–H groups in total. The van der Waals surface area contributed by atoms with Crippen LogP contribution in [0.15, 0.2) is 36.5 Å². The predicted molar refractivity (Wildman–Crippen MR) is 77.4 cm³/mol. The third kappa shape index (κ3) is 3.08. The summed E-state index contributed by atoms with van der Waals surface area (Å²) in [6.45, 7) is 4.67. The van der Waals surface area contributed by atoms with Crippen LogP contribution in [0, 0.1) is 0 Å². The van der Waals surface area contributed by atoms with E-state index in [1.807, 2.05) is 24.3 Å². The Morgan fingerprint density at radius 3 is 2.78 bits per heavy atom. The van der Waals surface area contributed by atoms with Gasteiger partial charge in [-0.2, -0.15) is 0 Å². The molecule has 0 unspecified atom stereocenters. The second-order valence-corrected chi connectivity index (χ2v) is 4.91. The molecule has 1 heterocycles. The van der Waals surface area contributed by atoms with Crippen molar-refractivity contribution >= 4 is 23.2 Å². The molecule has 0 saturated carbocycles. The summed E-state index contributed by atoms with van der Waals surface area (Å²) in [6, 6.07) is 9.90. The molecule has 0 aliphatic heterocycles. The van der Waals surface area contributed by atoms with Crippen LogP contribution in [-0.2, 0) is 13.1 Å². The van der Waals surface area contributed by atoms with Gasteiger partial charge < -0.3 is 9.88 Å². The van der Waals surface area contributed by atoms with Gasteiger partial charge in [-0.25, -0.2) is 0 Å². The highest BCUT2D eigenvalue weighted by Gasteiger charge is 2.06. The Morgan fingerprint density at radius 2 is 2.00 bits per heavy atom. The van der Waals surface area contributed by atoms with Crippen molar-refractivity contribution in [2.24, 2.45) is 0 Å². The summed E-state index contributed by atoms with van der Waals surface area (Å²) in [7, 11) is 0. The number of nitrogens with one attached hydrogen (secondary N) is 1. The van der Waals surface area contributed by atoms with Crippen LogP contribution in [0.2, 0.25) is 10.0 Å². The van der Waals surface area contributed by atoms with Crippen LogP contribution < -0.4 is 5.32 Å². The van der Waals surface area contributed by atoms with Gasteiger partial charge in [0, 0.05) is 25.0 Å². The number of halogens is 2. The Labute approximate surface area is 118 Å². The predicted octanol–water partition coefficient (Wildman–Crippen LogP) is 3.95. The second-order valence-electron chi connectivity index (χ2n) is 4.12. The summed E-state index contributed by atoms with van der Waals surface area (Å²) in [5, 5.41) is 4.57. The normalized spacial score (nSPS) is 10.8. The zero-order valence-electron chi connectivity index (χ0n) is 10.3. The number of rotatable bonds is 5. The van der Waals surface area contributed by atoms with Crippen molar-refractivity contribution in [3.63, 3.8) is 0 Å². The molecule has 0 spiro atoms. The maximum atomic E-state index is 6.21. The molecule has 0 radical (unpaired) electrons. The molecule has 0 fully saturated rings. The first-order valence-corrected chi connectivity index (χ1v) is 6.75. The highest BCUT2D eigenvalue weighted by molar-refractivity contribution is 6.42. The van der Waals surface area contributed by atoms with Crippen LogP contribution in [-0.4, -0.2) is 11.1 Å². The Morgan fingerprint density at radius 1 is 1.17 bits per heavy atom. The molecular weight excluding hydrogens is 267 g/mol. The van der Waals surface area contributed by atoms with Crippen molar-refractivity contribution in [1.29, 1.82) is 0 Å². The van der Waals surface area contributed by atoms with Gasteiger partial charge in [-0.3, -0.25) is 0 Å². The topological polar surface area (TPSA) is 17.0 Å². The van der Waals surface area contributed by atoms with Crippen molar-refractivity contribution < 1.29 is 0 Å². The summed E-state index contributed by atoms with van der Waals surface area (Å²) in [4.78, 5) is 0. The molecule has 0 bridgehead atoms. The number of benzene rings is 1. The van der Waals surface area contributed by atoms with E-state index >= 15 is 0 Å². The van der Waals surface area contributed by atoms with E-state index in [1.165, 1.54) is 5.69 Å². The van der Waals surface area contributed by atoms with E-state index in [2.05, 4.69) is 29.1 Å². The third-order valence-corrected chi connectivity index (χ3v) is 3.71. The minimum Gasteiger partial charge on any atom is -0.346 e. The zero-order chi connectivity index (χ0) is 13.0. The Balaban J connectivity index is 2.18. The average Bonchev–Trinajstić information content (AvgIpc) is 2.80. The third-order valence-electron chi connectivity index (χ3n) is 2.85. The van der Waals surface area contributed by atoms with Gasteiger partial charge >= 0.3 is 0 Å². The van der Waals surface area contributed by atoms with Crippen molar-refractivity contribution in [2.75, 3.05) is 6.54 Å². The minimum atomic E-state index is 0.606. The van der Waals surface area contributed by atoms with Crippen molar-refractivity contribution in [3.8, 4) is 0 Å². The summed E-state index contributed by atoms with van der Waals surface area (Å²) in [5.41, 5.74) is 2.28. The molecular formula is C14H16Cl2N2. The van der Waals surface area contributed by atoms with E-state index in [0.29, 0.717) is 10.0 Å². The van der Waals surface area contributed by atoms with Gasteiger partial charge in [0.15, 0.2) is 0 Å². The molecule has 0 aliphatic carbocycles. The second kappa shape index (κ2) is 6.28. The molecule has 18 heavy (non-hydrogen) atoms. The smallest absolute Gasteiger partial charge is 0.0642 e. The first kappa shape index (κ1) is 13.5. The van der Waals surface area contributed by atoms with E-state index in [-0.39, 0.29) is 0 Å². The van der Waals surface area contributed by atoms with E-state index in [4.69, 9.17) is 23.2 Å². The molecule has 4 heteroatoms. The lowest BCUT2D eigenvalue weighted by molar-refractivity contribution is 0.657. The van der Waals surface area contributed by atoms with E-state index < -0.39 is 0 Å². The molecule has 2 nitrogen and oxygen atoms in total. The van der Waals surface area contributed by atoms with Crippen molar-refractivity contribution in [2.45, 2.75) is 20.0 Å². The molecule has 2 aromatic rings. The van der Waals surface area contributed by atoms with Crippen LogP contribution in [0.3, 0.4) is 0 Å². The fourth-order valence-electron chi connectivity index (χ4n) is 1.87. The summed E-state index contributed by atoms with van der Waals surface area (Å²) >= 11 is 12.2. The van der Waals surface area contributed by atoms with Crippen LogP contribution in [0.1, 0.15) is 18.2 Å². The molecule has 0 saturated heterocycles.